The van der Waals surface area contributed by atoms with Gasteiger partial charge in [0.05, 0.1) is 15.1 Å². The van der Waals surface area contributed by atoms with Crippen LogP contribution in [-0.2, 0) is 15.9 Å². The van der Waals surface area contributed by atoms with Gasteiger partial charge in [0.15, 0.2) is 4.90 Å². The summed E-state index contributed by atoms with van der Waals surface area (Å²) in [6.07, 6.45) is 0.817. The Morgan fingerprint density at radius 2 is 2.11 bits per heavy atom. The number of aldehydes is 1. The first-order chi connectivity index (χ1) is 13.5. The Morgan fingerprint density at radius 3 is 2.86 bits per heavy atom. The van der Waals surface area contributed by atoms with E-state index in [1.165, 1.54) is 41.3 Å². The molecule has 3 aromatic rings. The summed E-state index contributed by atoms with van der Waals surface area (Å²) in [7, 11) is 0. The van der Waals surface area contributed by atoms with Gasteiger partial charge in [-0.25, -0.2) is 9.19 Å². The van der Waals surface area contributed by atoms with Crippen molar-refractivity contribution < 1.29 is 18.1 Å². The van der Waals surface area contributed by atoms with E-state index in [-0.39, 0.29) is 16.6 Å². The van der Waals surface area contributed by atoms with Gasteiger partial charge in [-0.05, 0) is 18.2 Å². The van der Waals surface area contributed by atoms with Gasteiger partial charge in [0, 0.05) is 17.9 Å². The zero-order valence-corrected chi connectivity index (χ0v) is 16.5. The number of hydrogen-bond acceptors (Lipinski definition) is 9. The number of aliphatic imine (C=N–C) groups is 1. The number of benzene rings is 2. The van der Waals surface area contributed by atoms with Crippen molar-refractivity contribution in [1.29, 1.82) is 0 Å². The third-order valence-corrected chi connectivity index (χ3v) is 7.07. The molecule has 0 saturated heterocycles. The highest BCUT2D eigenvalue weighted by Gasteiger charge is 2.22. The standard InChI is InChI=1S/C17H11N3O5S3/c21-8-10-9-26-16(18-10)17-19-12-6-5-11(7-14(12)27-17)25-28(24)15-4-2-1-3-13(15)20(22)23/h1-8,10H,9H2/t10-,28?/m0/s1. The Labute approximate surface area is 169 Å². The highest BCUT2D eigenvalue weighted by molar-refractivity contribution is 8.15. The number of para-hydroxylation sites is 1. The lowest BCUT2D eigenvalue weighted by Crippen LogP contribution is -2.04. The van der Waals surface area contributed by atoms with Crippen LogP contribution in [0.2, 0.25) is 0 Å². The maximum absolute atomic E-state index is 12.5. The number of thioether (sulfide) groups is 1. The predicted molar refractivity (Wildman–Crippen MR) is 109 cm³/mol. The van der Waals surface area contributed by atoms with Crippen molar-refractivity contribution in [2.45, 2.75) is 10.9 Å². The average Bonchev–Trinajstić information content (AvgIpc) is 3.34. The van der Waals surface area contributed by atoms with Crippen LogP contribution in [0.5, 0.6) is 5.75 Å². The minimum atomic E-state index is -2.03. The van der Waals surface area contributed by atoms with Gasteiger partial charge in [-0.3, -0.25) is 15.1 Å². The Morgan fingerprint density at radius 1 is 1.29 bits per heavy atom. The van der Waals surface area contributed by atoms with Crippen molar-refractivity contribution in [3.63, 3.8) is 0 Å². The molecule has 0 N–H and O–H groups in total. The molecule has 4 rings (SSSR count). The van der Waals surface area contributed by atoms with Crippen LogP contribution in [0.25, 0.3) is 10.2 Å². The van der Waals surface area contributed by atoms with E-state index < -0.39 is 16.0 Å². The van der Waals surface area contributed by atoms with Crippen LogP contribution in [0.3, 0.4) is 0 Å². The first kappa shape index (κ1) is 18.7. The van der Waals surface area contributed by atoms with Crippen LogP contribution in [-0.4, -0.2) is 37.2 Å². The second kappa shape index (κ2) is 7.78. The first-order valence-corrected chi connectivity index (χ1v) is 10.8. The van der Waals surface area contributed by atoms with E-state index >= 15 is 0 Å². The number of fused-ring (bicyclic) bond motifs is 1. The average molecular weight is 433 g/mol. The zero-order valence-electron chi connectivity index (χ0n) is 14.0. The molecule has 0 aliphatic carbocycles. The smallest absolute Gasteiger partial charge is 0.288 e. The lowest BCUT2D eigenvalue weighted by Gasteiger charge is -2.05. The fourth-order valence-corrected chi connectivity index (χ4v) is 5.43. The van der Waals surface area contributed by atoms with E-state index in [4.69, 9.17) is 4.18 Å². The zero-order chi connectivity index (χ0) is 19.7. The monoisotopic (exact) mass is 433 g/mol. The second-order valence-electron chi connectivity index (χ2n) is 5.64. The summed E-state index contributed by atoms with van der Waals surface area (Å²) < 4.78 is 18.7. The van der Waals surface area contributed by atoms with Gasteiger partial charge in [-0.1, -0.05) is 12.1 Å². The van der Waals surface area contributed by atoms with E-state index in [9.17, 15) is 19.1 Å². The molecule has 28 heavy (non-hydrogen) atoms. The summed E-state index contributed by atoms with van der Waals surface area (Å²) in [5.41, 5.74) is 0.463. The molecular formula is C17H11N3O5S3. The van der Waals surface area contributed by atoms with Crippen molar-refractivity contribution in [3.05, 3.63) is 57.6 Å². The van der Waals surface area contributed by atoms with E-state index in [0.717, 1.165) is 21.5 Å². The fourth-order valence-electron chi connectivity index (χ4n) is 2.51. The number of carbonyl (C=O) groups excluding carboxylic acids is 1. The molecule has 0 fully saturated rings. The summed E-state index contributed by atoms with van der Waals surface area (Å²) in [6.45, 7) is 0. The first-order valence-electron chi connectivity index (χ1n) is 7.95. The molecule has 0 bridgehead atoms. The summed E-state index contributed by atoms with van der Waals surface area (Å²) >= 11 is 0.834. The molecule has 1 unspecified atom stereocenters. The summed E-state index contributed by atoms with van der Waals surface area (Å²) in [6, 6.07) is 10.4. The molecule has 2 atom stereocenters. The SMILES string of the molecule is O=C[C@H]1CSC(c2nc3ccc(OS(=O)c4ccccc4[N+](=O)[O-])cc3s2)=N1. The largest absolute Gasteiger partial charge is 0.397 e. The van der Waals surface area contributed by atoms with Crippen LogP contribution in [0.4, 0.5) is 5.69 Å². The quantitative estimate of drug-likeness (QED) is 0.333. The molecule has 1 aromatic heterocycles. The number of aromatic nitrogens is 1. The van der Waals surface area contributed by atoms with Crippen LogP contribution in [0, 0.1) is 10.1 Å². The minimum absolute atomic E-state index is 0.00536. The summed E-state index contributed by atoms with van der Waals surface area (Å²) in [5, 5.41) is 12.5. The van der Waals surface area contributed by atoms with Gasteiger partial charge in [0.2, 0.25) is 11.1 Å². The molecule has 0 amide bonds. The van der Waals surface area contributed by atoms with Crippen molar-refractivity contribution in [3.8, 4) is 5.75 Å². The normalized spacial score (nSPS) is 17.3. The van der Waals surface area contributed by atoms with Gasteiger partial charge in [0.25, 0.3) is 5.69 Å². The molecule has 1 aliphatic heterocycles. The van der Waals surface area contributed by atoms with Gasteiger partial charge in [0.1, 0.15) is 28.1 Å². The second-order valence-corrected chi connectivity index (χ2v) is 8.76. The molecule has 0 spiro atoms. The molecule has 8 nitrogen and oxygen atoms in total. The Bertz CT molecular complexity index is 1140. The van der Waals surface area contributed by atoms with Gasteiger partial charge in [-0.15, -0.1) is 23.1 Å². The van der Waals surface area contributed by atoms with Crippen LogP contribution in [0.1, 0.15) is 5.01 Å². The third-order valence-electron chi connectivity index (χ3n) is 3.79. The predicted octanol–water partition coefficient (Wildman–Crippen LogP) is 3.37. The Balaban J connectivity index is 1.60. The topological polar surface area (TPSA) is 112 Å². The van der Waals surface area contributed by atoms with Crippen molar-refractivity contribution in [2.75, 3.05) is 5.75 Å². The molecule has 1 aliphatic rings. The van der Waals surface area contributed by atoms with Gasteiger partial charge >= 0.3 is 0 Å². The number of nitrogens with zero attached hydrogens (tertiary/aromatic N) is 3. The molecule has 142 valence electrons. The maximum atomic E-state index is 12.5. The van der Waals surface area contributed by atoms with E-state index in [0.29, 0.717) is 16.5 Å². The minimum Gasteiger partial charge on any atom is -0.397 e. The van der Waals surface area contributed by atoms with Crippen molar-refractivity contribution in [1.82, 2.24) is 4.98 Å². The summed E-state index contributed by atoms with van der Waals surface area (Å²) in [4.78, 5) is 30.2. The Kier molecular flexibility index (Phi) is 5.20. The van der Waals surface area contributed by atoms with Crippen LogP contribution >= 0.6 is 23.1 Å². The van der Waals surface area contributed by atoms with Crippen LogP contribution < -0.4 is 4.18 Å². The van der Waals surface area contributed by atoms with Crippen LogP contribution in [0.15, 0.2) is 52.4 Å². The molecule has 2 heterocycles. The molecule has 11 heteroatoms. The highest BCUT2D eigenvalue weighted by Crippen LogP contribution is 2.32. The Hall–Kier alpha value is -2.63. The van der Waals surface area contributed by atoms with E-state index in [1.54, 1.807) is 24.3 Å². The molecular weight excluding hydrogens is 422 g/mol. The maximum Gasteiger partial charge on any atom is 0.288 e. The van der Waals surface area contributed by atoms with Gasteiger partial charge in [-0.2, -0.15) is 0 Å². The number of carbonyl (C=O) groups is 1. The number of rotatable bonds is 6. The molecule has 0 radical (unpaired) electrons. The summed E-state index contributed by atoms with van der Waals surface area (Å²) in [5.74, 6) is 0.920. The lowest BCUT2D eigenvalue weighted by atomic mass is 10.3. The van der Waals surface area contributed by atoms with E-state index in [2.05, 4.69) is 9.98 Å². The highest BCUT2D eigenvalue weighted by atomic mass is 32.2. The van der Waals surface area contributed by atoms with E-state index in [1.807, 2.05) is 0 Å². The molecule has 2 aromatic carbocycles. The third kappa shape index (κ3) is 3.68. The lowest BCUT2D eigenvalue weighted by molar-refractivity contribution is -0.387. The van der Waals surface area contributed by atoms with Gasteiger partial charge < -0.3 is 8.98 Å². The van der Waals surface area contributed by atoms with Crippen molar-refractivity contribution >= 4 is 61.4 Å². The van der Waals surface area contributed by atoms with Crippen molar-refractivity contribution in [2.24, 2.45) is 4.99 Å². The number of hydrogen-bond donors (Lipinski definition) is 0. The number of nitro benzene ring substituents is 1. The molecule has 0 saturated carbocycles. The fraction of sp³-hybridized carbons (Fsp3) is 0.118. The number of thiazole rings is 1. The number of nitro groups is 1.